The van der Waals surface area contributed by atoms with Crippen molar-refractivity contribution in [2.45, 2.75) is 24.3 Å². The van der Waals surface area contributed by atoms with Crippen LogP contribution in [0.15, 0.2) is 17.0 Å². The number of sulfonamides is 1. The number of rotatable bonds is 7. The van der Waals surface area contributed by atoms with Crippen LogP contribution in [0, 0.1) is 0 Å². The highest BCUT2D eigenvalue weighted by Crippen LogP contribution is 2.29. The lowest BCUT2D eigenvalue weighted by atomic mass is 10.2. The minimum absolute atomic E-state index is 0.109. The summed E-state index contributed by atoms with van der Waals surface area (Å²) in [5.41, 5.74) is -0.306. The summed E-state index contributed by atoms with van der Waals surface area (Å²) in [5.74, 6) is -0.712. The normalized spacial score (nSPS) is 13.1. The van der Waals surface area contributed by atoms with Gasteiger partial charge in [0.25, 0.3) is 0 Å². The smallest absolute Gasteiger partial charge is 0.337 e. The van der Waals surface area contributed by atoms with Crippen LogP contribution in [0.5, 0.6) is 0 Å². The summed E-state index contributed by atoms with van der Waals surface area (Å²) in [6, 6.07) is 1.84. The summed E-state index contributed by atoms with van der Waals surface area (Å²) >= 11 is 13.1. The third-order valence-corrected chi connectivity index (χ3v) is 5.76. The molecular formula is C12H15Cl2NO4S2. The molecule has 0 fully saturated rings. The Kier molecular flexibility index (Phi) is 6.80. The Balaban J connectivity index is 3.25. The Morgan fingerprint density at radius 2 is 2.00 bits per heavy atom. The number of carboxylic acid groups (broad SMARTS) is 1. The Labute approximate surface area is 138 Å². The van der Waals surface area contributed by atoms with Crippen molar-refractivity contribution in [1.29, 1.82) is 0 Å². The molecule has 118 valence electrons. The molecular weight excluding hydrogens is 357 g/mol. The summed E-state index contributed by atoms with van der Waals surface area (Å²) < 4.78 is 27.2. The lowest BCUT2D eigenvalue weighted by Crippen LogP contribution is -2.36. The fourth-order valence-corrected chi connectivity index (χ4v) is 4.62. The van der Waals surface area contributed by atoms with E-state index in [0.717, 1.165) is 12.1 Å². The number of aromatic carboxylic acids is 1. The van der Waals surface area contributed by atoms with Gasteiger partial charge < -0.3 is 5.11 Å². The minimum atomic E-state index is -3.91. The van der Waals surface area contributed by atoms with Crippen LogP contribution in [-0.4, -0.2) is 37.5 Å². The second-order valence-corrected chi connectivity index (χ2v) is 7.66. The van der Waals surface area contributed by atoms with E-state index in [-0.39, 0.29) is 26.5 Å². The van der Waals surface area contributed by atoms with Crippen molar-refractivity contribution in [1.82, 2.24) is 4.72 Å². The van der Waals surface area contributed by atoms with Gasteiger partial charge in [-0.05, 0) is 24.8 Å². The summed E-state index contributed by atoms with van der Waals surface area (Å²) in [7, 11) is -3.91. The number of benzene rings is 1. The molecule has 0 radical (unpaired) electrons. The van der Waals surface area contributed by atoms with E-state index in [2.05, 4.69) is 4.72 Å². The van der Waals surface area contributed by atoms with Crippen LogP contribution in [-0.2, 0) is 10.0 Å². The van der Waals surface area contributed by atoms with Gasteiger partial charge in [0.05, 0.1) is 15.6 Å². The first-order valence-corrected chi connectivity index (χ1v) is 9.59. The molecule has 0 aliphatic heterocycles. The quantitative estimate of drug-likeness (QED) is 0.769. The molecule has 2 N–H and O–H groups in total. The zero-order chi connectivity index (χ0) is 16.2. The lowest BCUT2D eigenvalue weighted by Gasteiger charge is -2.17. The highest BCUT2D eigenvalue weighted by atomic mass is 35.5. The van der Waals surface area contributed by atoms with Crippen molar-refractivity contribution in [3.63, 3.8) is 0 Å². The van der Waals surface area contributed by atoms with Gasteiger partial charge in [-0.2, -0.15) is 11.8 Å². The SMILES string of the molecule is CCC(CSC)NS(=O)(=O)c1cc(C(=O)O)c(Cl)cc1Cl. The van der Waals surface area contributed by atoms with Gasteiger partial charge in [-0.3, -0.25) is 0 Å². The Morgan fingerprint density at radius 1 is 1.38 bits per heavy atom. The molecule has 0 aliphatic rings. The molecule has 0 amide bonds. The van der Waals surface area contributed by atoms with Gasteiger partial charge in [-0.1, -0.05) is 30.1 Å². The van der Waals surface area contributed by atoms with Crippen molar-refractivity contribution in [3.05, 3.63) is 27.7 Å². The third-order valence-electron chi connectivity index (χ3n) is 2.72. The van der Waals surface area contributed by atoms with Crippen LogP contribution >= 0.6 is 35.0 Å². The summed E-state index contributed by atoms with van der Waals surface area (Å²) in [5, 5.41) is 8.79. The van der Waals surface area contributed by atoms with Gasteiger partial charge in [-0.25, -0.2) is 17.9 Å². The minimum Gasteiger partial charge on any atom is -0.478 e. The number of hydrogen-bond donors (Lipinski definition) is 2. The van der Waals surface area contributed by atoms with E-state index < -0.39 is 16.0 Å². The number of halogens is 2. The third kappa shape index (κ3) is 4.75. The number of thioether (sulfide) groups is 1. The standard InChI is InChI=1S/C12H15Cl2NO4S2/c1-3-7(6-20-2)15-21(18,19)11-4-8(12(16)17)9(13)5-10(11)14/h4-5,7,15H,3,6H2,1-2H3,(H,16,17). The molecule has 21 heavy (non-hydrogen) atoms. The second kappa shape index (κ2) is 7.69. The maximum atomic E-state index is 12.3. The molecule has 5 nitrogen and oxygen atoms in total. The van der Waals surface area contributed by atoms with Gasteiger partial charge in [0, 0.05) is 11.8 Å². The number of carbonyl (C=O) groups is 1. The zero-order valence-electron chi connectivity index (χ0n) is 11.4. The summed E-state index contributed by atoms with van der Waals surface area (Å²) in [6.45, 7) is 1.86. The van der Waals surface area contributed by atoms with Crippen molar-refractivity contribution >= 4 is 51.0 Å². The number of nitrogens with one attached hydrogen (secondary N) is 1. The van der Waals surface area contributed by atoms with E-state index in [4.69, 9.17) is 28.3 Å². The maximum Gasteiger partial charge on any atom is 0.337 e. The van der Waals surface area contributed by atoms with E-state index in [1.54, 1.807) is 0 Å². The zero-order valence-corrected chi connectivity index (χ0v) is 14.5. The fraction of sp³-hybridized carbons (Fsp3) is 0.417. The van der Waals surface area contributed by atoms with Crippen LogP contribution in [0.3, 0.4) is 0 Å². The van der Waals surface area contributed by atoms with Crippen molar-refractivity contribution in [2.75, 3.05) is 12.0 Å². The maximum absolute atomic E-state index is 12.3. The molecule has 1 atom stereocenters. The molecule has 0 heterocycles. The summed E-state index contributed by atoms with van der Waals surface area (Å²) in [4.78, 5) is 10.8. The van der Waals surface area contributed by atoms with Crippen LogP contribution in [0.4, 0.5) is 0 Å². The summed E-state index contributed by atoms with van der Waals surface area (Å²) in [6.07, 6.45) is 2.48. The van der Waals surface area contributed by atoms with Crippen molar-refractivity contribution in [2.24, 2.45) is 0 Å². The van der Waals surface area contributed by atoms with Crippen LogP contribution in [0.25, 0.3) is 0 Å². The predicted octanol–water partition coefficient (Wildman–Crippen LogP) is 3.11. The van der Waals surface area contributed by atoms with Gasteiger partial charge >= 0.3 is 5.97 Å². The molecule has 0 bridgehead atoms. The average Bonchev–Trinajstić information content (AvgIpc) is 2.37. The van der Waals surface area contributed by atoms with Crippen LogP contribution < -0.4 is 4.72 Å². The van der Waals surface area contributed by atoms with Gasteiger partial charge in [0.1, 0.15) is 4.90 Å². The predicted molar refractivity (Wildman–Crippen MR) is 86.2 cm³/mol. The Morgan fingerprint density at radius 3 is 2.48 bits per heavy atom. The van der Waals surface area contributed by atoms with Crippen molar-refractivity contribution < 1.29 is 18.3 Å². The molecule has 1 rings (SSSR count). The van der Waals surface area contributed by atoms with Crippen LogP contribution in [0.2, 0.25) is 10.0 Å². The molecule has 1 unspecified atom stereocenters. The van der Waals surface area contributed by atoms with E-state index in [1.165, 1.54) is 11.8 Å². The second-order valence-electron chi connectivity index (χ2n) is 4.25. The average molecular weight is 372 g/mol. The van der Waals surface area contributed by atoms with E-state index >= 15 is 0 Å². The van der Waals surface area contributed by atoms with Gasteiger partial charge in [0.2, 0.25) is 10.0 Å². The number of carboxylic acids is 1. The number of hydrogen-bond acceptors (Lipinski definition) is 4. The topological polar surface area (TPSA) is 83.5 Å². The highest BCUT2D eigenvalue weighted by Gasteiger charge is 2.24. The highest BCUT2D eigenvalue weighted by molar-refractivity contribution is 7.98. The first-order valence-electron chi connectivity index (χ1n) is 5.96. The monoisotopic (exact) mass is 371 g/mol. The molecule has 0 saturated heterocycles. The van der Waals surface area contributed by atoms with Crippen LogP contribution in [0.1, 0.15) is 23.7 Å². The molecule has 0 spiro atoms. The first kappa shape index (κ1) is 18.6. The molecule has 0 saturated carbocycles. The fourth-order valence-electron chi connectivity index (χ4n) is 1.62. The molecule has 1 aromatic carbocycles. The van der Waals surface area contributed by atoms with Gasteiger partial charge in [-0.15, -0.1) is 0 Å². The van der Waals surface area contributed by atoms with Crippen molar-refractivity contribution in [3.8, 4) is 0 Å². The first-order chi connectivity index (χ1) is 9.72. The van der Waals surface area contributed by atoms with Gasteiger partial charge in [0.15, 0.2) is 0 Å². The van der Waals surface area contributed by atoms with E-state index in [9.17, 15) is 13.2 Å². The van der Waals surface area contributed by atoms with E-state index in [1.807, 2.05) is 13.2 Å². The Hall–Kier alpha value is -0.470. The molecule has 0 aliphatic carbocycles. The Bertz CT molecular complexity index is 634. The largest absolute Gasteiger partial charge is 0.478 e. The lowest BCUT2D eigenvalue weighted by molar-refractivity contribution is 0.0697. The molecule has 1 aromatic rings. The van der Waals surface area contributed by atoms with E-state index in [0.29, 0.717) is 12.2 Å². The molecule has 9 heteroatoms. The molecule has 0 aromatic heterocycles.